The van der Waals surface area contributed by atoms with Gasteiger partial charge in [-0.2, -0.15) is 0 Å². The molecule has 0 heterocycles. The summed E-state index contributed by atoms with van der Waals surface area (Å²) >= 11 is 0. The molecular weight excluding hydrogens is 208 g/mol. The van der Waals surface area contributed by atoms with Crippen LogP contribution in [0.3, 0.4) is 0 Å². The Morgan fingerprint density at radius 3 is 1.82 bits per heavy atom. The molecule has 0 rings (SSSR count). The molecule has 0 aliphatic heterocycles. The Hall–Kier alpha value is -0.0800. The molecule has 0 saturated carbocycles. The molecule has 2 atom stereocenters. The van der Waals surface area contributed by atoms with E-state index < -0.39 is 0 Å². The lowest BCUT2D eigenvalue weighted by Gasteiger charge is -2.35. The maximum atomic E-state index is 3.62. The zero-order valence-corrected chi connectivity index (χ0v) is 12.8. The third-order valence-electron chi connectivity index (χ3n) is 3.66. The first kappa shape index (κ1) is 16.9. The van der Waals surface area contributed by atoms with Crippen molar-refractivity contribution in [2.24, 2.45) is 0 Å². The molecule has 0 spiro atoms. The van der Waals surface area contributed by atoms with Gasteiger partial charge >= 0.3 is 0 Å². The summed E-state index contributed by atoms with van der Waals surface area (Å²) in [5, 5.41) is 3.62. The van der Waals surface area contributed by atoms with E-state index in [1.165, 1.54) is 45.2 Å². The van der Waals surface area contributed by atoms with Crippen LogP contribution in [0.5, 0.6) is 0 Å². The van der Waals surface area contributed by atoms with Gasteiger partial charge in [0.1, 0.15) is 0 Å². The van der Waals surface area contributed by atoms with Crippen molar-refractivity contribution in [3.05, 3.63) is 0 Å². The summed E-state index contributed by atoms with van der Waals surface area (Å²) in [6, 6.07) is 1.31. The highest BCUT2D eigenvalue weighted by Gasteiger charge is 2.20. The molecule has 0 aromatic rings. The van der Waals surface area contributed by atoms with Gasteiger partial charge in [-0.3, -0.25) is 4.90 Å². The third kappa shape index (κ3) is 7.05. The molecular formula is C15H34N2. The minimum absolute atomic E-state index is 0.647. The number of unbranched alkanes of at least 4 members (excludes halogenated alkanes) is 2. The van der Waals surface area contributed by atoms with Crippen molar-refractivity contribution in [3.63, 3.8) is 0 Å². The molecule has 2 nitrogen and oxygen atoms in total. The number of rotatable bonds is 11. The average Bonchev–Trinajstić information content (AvgIpc) is 2.35. The van der Waals surface area contributed by atoms with Gasteiger partial charge in [0.15, 0.2) is 0 Å². The summed E-state index contributed by atoms with van der Waals surface area (Å²) in [6.07, 6.45) is 6.48. The number of nitrogens with zero attached hydrogens (tertiary/aromatic N) is 1. The average molecular weight is 242 g/mol. The molecule has 0 radical (unpaired) electrons. The quantitative estimate of drug-likeness (QED) is 0.595. The SMILES string of the molecule is CCCCN(CCCC)C(C)C(CC)NCC. The van der Waals surface area contributed by atoms with E-state index in [-0.39, 0.29) is 0 Å². The van der Waals surface area contributed by atoms with Crippen LogP contribution in [-0.2, 0) is 0 Å². The summed E-state index contributed by atoms with van der Waals surface area (Å²) in [7, 11) is 0. The van der Waals surface area contributed by atoms with Crippen molar-refractivity contribution in [2.75, 3.05) is 19.6 Å². The van der Waals surface area contributed by atoms with E-state index in [1.54, 1.807) is 0 Å². The zero-order valence-electron chi connectivity index (χ0n) is 12.8. The summed E-state index contributed by atoms with van der Waals surface area (Å²) < 4.78 is 0. The maximum absolute atomic E-state index is 3.62. The van der Waals surface area contributed by atoms with Gasteiger partial charge in [0.25, 0.3) is 0 Å². The molecule has 0 amide bonds. The zero-order chi connectivity index (χ0) is 13.1. The lowest BCUT2D eigenvalue weighted by molar-refractivity contribution is 0.162. The fourth-order valence-electron chi connectivity index (χ4n) is 2.41. The first-order valence-electron chi connectivity index (χ1n) is 7.68. The van der Waals surface area contributed by atoms with Crippen molar-refractivity contribution >= 4 is 0 Å². The van der Waals surface area contributed by atoms with Crippen LogP contribution in [0, 0.1) is 0 Å². The minimum atomic E-state index is 0.647. The van der Waals surface area contributed by atoms with Gasteiger partial charge in [0.2, 0.25) is 0 Å². The number of likely N-dealkylation sites (N-methyl/N-ethyl adjacent to an activating group) is 1. The molecule has 0 aliphatic carbocycles. The van der Waals surface area contributed by atoms with Gasteiger partial charge in [-0.15, -0.1) is 0 Å². The number of hydrogen-bond donors (Lipinski definition) is 1. The molecule has 104 valence electrons. The first-order valence-corrected chi connectivity index (χ1v) is 7.68. The third-order valence-corrected chi connectivity index (χ3v) is 3.66. The molecule has 0 bridgehead atoms. The van der Waals surface area contributed by atoms with Gasteiger partial charge in [-0.25, -0.2) is 0 Å². The lowest BCUT2D eigenvalue weighted by atomic mass is 10.0. The standard InChI is InChI=1S/C15H34N2/c1-6-10-12-17(13-11-7-2)14(5)15(8-3)16-9-4/h14-16H,6-13H2,1-5H3. The van der Waals surface area contributed by atoms with E-state index in [0.29, 0.717) is 12.1 Å². The highest BCUT2D eigenvalue weighted by Crippen LogP contribution is 2.10. The smallest absolute Gasteiger partial charge is 0.0220 e. The van der Waals surface area contributed by atoms with Crippen molar-refractivity contribution in [1.82, 2.24) is 10.2 Å². The normalized spacial score (nSPS) is 15.2. The first-order chi connectivity index (χ1) is 8.21. The summed E-state index contributed by atoms with van der Waals surface area (Å²) in [5.74, 6) is 0. The van der Waals surface area contributed by atoms with Gasteiger partial charge in [-0.1, -0.05) is 40.5 Å². The Morgan fingerprint density at radius 1 is 0.941 bits per heavy atom. The van der Waals surface area contributed by atoms with Crippen molar-refractivity contribution in [1.29, 1.82) is 0 Å². The van der Waals surface area contributed by atoms with Crippen LogP contribution in [0.1, 0.15) is 66.7 Å². The van der Waals surface area contributed by atoms with Crippen molar-refractivity contribution < 1.29 is 0 Å². The highest BCUT2D eigenvalue weighted by atomic mass is 15.2. The van der Waals surface area contributed by atoms with E-state index in [1.807, 2.05) is 0 Å². The van der Waals surface area contributed by atoms with E-state index in [0.717, 1.165) is 6.54 Å². The van der Waals surface area contributed by atoms with E-state index >= 15 is 0 Å². The second kappa shape index (κ2) is 11.0. The Labute approximate surface area is 109 Å². The van der Waals surface area contributed by atoms with Crippen LogP contribution in [0.25, 0.3) is 0 Å². The summed E-state index contributed by atoms with van der Waals surface area (Å²) in [4.78, 5) is 2.68. The number of hydrogen-bond acceptors (Lipinski definition) is 2. The second-order valence-electron chi connectivity index (χ2n) is 5.06. The van der Waals surface area contributed by atoms with Gasteiger partial charge in [-0.05, 0) is 45.8 Å². The monoisotopic (exact) mass is 242 g/mol. The molecule has 0 fully saturated rings. The van der Waals surface area contributed by atoms with Crippen LogP contribution >= 0.6 is 0 Å². The van der Waals surface area contributed by atoms with Gasteiger partial charge in [0.05, 0.1) is 0 Å². The maximum Gasteiger partial charge on any atom is 0.0220 e. The summed E-state index contributed by atoms with van der Waals surface area (Å²) in [6.45, 7) is 15.1. The Balaban J connectivity index is 4.29. The van der Waals surface area contributed by atoms with E-state index in [9.17, 15) is 0 Å². The molecule has 1 N–H and O–H groups in total. The molecule has 0 aromatic carbocycles. The lowest BCUT2D eigenvalue weighted by Crippen LogP contribution is -2.48. The Kier molecular flexibility index (Phi) is 11.0. The van der Waals surface area contributed by atoms with Crippen LogP contribution in [0.2, 0.25) is 0 Å². The molecule has 0 aliphatic rings. The predicted octanol–water partition coefficient (Wildman–Crippen LogP) is 3.67. The molecule has 2 unspecified atom stereocenters. The van der Waals surface area contributed by atoms with Crippen molar-refractivity contribution in [2.45, 2.75) is 78.8 Å². The summed E-state index contributed by atoms with van der Waals surface area (Å²) in [5.41, 5.74) is 0. The predicted molar refractivity (Wildman–Crippen MR) is 78.6 cm³/mol. The highest BCUT2D eigenvalue weighted by molar-refractivity contribution is 4.80. The largest absolute Gasteiger partial charge is 0.313 e. The number of nitrogens with one attached hydrogen (secondary N) is 1. The van der Waals surface area contributed by atoms with Crippen LogP contribution in [0.15, 0.2) is 0 Å². The Morgan fingerprint density at radius 2 is 1.47 bits per heavy atom. The fourth-order valence-corrected chi connectivity index (χ4v) is 2.41. The molecule has 17 heavy (non-hydrogen) atoms. The fraction of sp³-hybridized carbons (Fsp3) is 1.00. The second-order valence-corrected chi connectivity index (χ2v) is 5.06. The van der Waals surface area contributed by atoms with E-state index in [2.05, 4.69) is 44.8 Å². The van der Waals surface area contributed by atoms with Crippen LogP contribution < -0.4 is 5.32 Å². The van der Waals surface area contributed by atoms with Crippen LogP contribution in [-0.4, -0.2) is 36.6 Å². The van der Waals surface area contributed by atoms with Crippen LogP contribution in [0.4, 0.5) is 0 Å². The van der Waals surface area contributed by atoms with Gasteiger partial charge < -0.3 is 5.32 Å². The van der Waals surface area contributed by atoms with E-state index in [4.69, 9.17) is 0 Å². The van der Waals surface area contributed by atoms with Crippen molar-refractivity contribution in [3.8, 4) is 0 Å². The molecule has 2 heteroatoms. The Bertz CT molecular complexity index is 151. The van der Waals surface area contributed by atoms with Gasteiger partial charge in [0, 0.05) is 12.1 Å². The topological polar surface area (TPSA) is 15.3 Å². The molecule has 0 saturated heterocycles. The minimum Gasteiger partial charge on any atom is -0.313 e. The molecule has 0 aromatic heterocycles.